The molecular formula is C27H26BrN5O8S2. The quantitative estimate of drug-likeness (QED) is 0.157. The predicted molar refractivity (Wildman–Crippen MR) is 165 cm³/mol. The molecule has 0 atom stereocenters. The van der Waals surface area contributed by atoms with Crippen molar-refractivity contribution in [3.8, 4) is 23.3 Å². The molecule has 13 nitrogen and oxygen atoms in total. The van der Waals surface area contributed by atoms with Crippen LogP contribution < -0.4 is 20.6 Å². The zero-order chi connectivity index (χ0) is 31.9. The third kappa shape index (κ3) is 5.60. The van der Waals surface area contributed by atoms with Crippen molar-refractivity contribution in [2.45, 2.75) is 12.5 Å². The van der Waals surface area contributed by atoms with Crippen molar-refractivity contribution in [3.63, 3.8) is 0 Å². The van der Waals surface area contributed by atoms with E-state index in [4.69, 9.17) is 33.9 Å². The number of hydrogen-bond acceptors (Lipinski definition) is 10. The SMILES string of the molecule is COc1cc(C(c2c(O)n(C)c(=S)n(C)c2=O)c2c(O)n(C)c(=S)n(C)c2=O)cc(Br)c1OCc1ccc([N+](=O)[O-])cc1. The molecule has 0 saturated heterocycles. The summed E-state index contributed by atoms with van der Waals surface area (Å²) < 4.78 is 16.7. The predicted octanol–water partition coefficient (Wildman–Crippen LogP) is 4.07. The van der Waals surface area contributed by atoms with Crippen molar-refractivity contribution >= 4 is 46.1 Å². The van der Waals surface area contributed by atoms with E-state index in [9.17, 15) is 29.9 Å². The molecule has 0 saturated carbocycles. The van der Waals surface area contributed by atoms with Gasteiger partial charge in [0.05, 0.1) is 33.6 Å². The summed E-state index contributed by atoms with van der Waals surface area (Å²) >= 11 is 14.0. The number of non-ortho nitro benzene ring substituents is 1. The van der Waals surface area contributed by atoms with E-state index in [0.29, 0.717) is 10.0 Å². The fraction of sp³-hybridized carbons (Fsp3) is 0.259. The van der Waals surface area contributed by atoms with Crippen LogP contribution in [0.2, 0.25) is 0 Å². The first kappa shape index (κ1) is 31.7. The summed E-state index contributed by atoms with van der Waals surface area (Å²) in [5, 5.41) is 33.4. The number of nitro groups is 1. The molecule has 0 bridgehead atoms. The third-order valence-electron chi connectivity index (χ3n) is 7.03. The first-order valence-electron chi connectivity index (χ1n) is 12.4. The molecule has 0 fully saturated rings. The highest BCUT2D eigenvalue weighted by Crippen LogP contribution is 2.44. The number of methoxy groups -OCH3 is 1. The molecule has 2 N–H and O–H groups in total. The molecule has 2 aromatic carbocycles. The average Bonchev–Trinajstić information content (AvgIpc) is 2.99. The number of ether oxygens (including phenoxy) is 2. The summed E-state index contributed by atoms with van der Waals surface area (Å²) in [6, 6.07) is 8.93. The van der Waals surface area contributed by atoms with Crippen molar-refractivity contribution in [2.24, 2.45) is 28.2 Å². The molecule has 2 heterocycles. The maximum Gasteiger partial charge on any atom is 0.269 e. The van der Waals surface area contributed by atoms with Crippen LogP contribution in [0, 0.1) is 19.7 Å². The number of nitro benzene ring substituents is 1. The fourth-order valence-electron chi connectivity index (χ4n) is 4.62. The summed E-state index contributed by atoms with van der Waals surface area (Å²) in [6.07, 6.45) is 0. The number of aromatic hydroxyl groups is 2. The highest BCUT2D eigenvalue weighted by molar-refractivity contribution is 9.10. The number of aromatic nitrogens is 4. The van der Waals surface area contributed by atoms with E-state index in [1.54, 1.807) is 18.2 Å². The molecule has 0 radical (unpaired) electrons. The molecule has 4 aromatic rings. The van der Waals surface area contributed by atoms with Crippen molar-refractivity contribution in [3.05, 3.63) is 103 Å². The Hall–Kier alpha value is -4.28. The summed E-state index contributed by atoms with van der Waals surface area (Å²) in [5.74, 6) is -1.88. The second-order valence-corrected chi connectivity index (χ2v) is 11.2. The number of hydrogen-bond donors (Lipinski definition) is 2. The van der Waals surface area contributed by atoms with E-state index in [-0.39, 0.29) is 50.0 Å². The van der Waals surface area contributed by atoms with Crippen molar-refractivity contribution in [2.75, 3.05) is 7.11 Å². The van der Waals surface area contributed by atoms with Gasteiger partial charge in [0.25, 0.3) is 16.8 Å². The van der Waals surface area contributed by atoms with Gasteiger partial charge in [0.2, 0.25) is 11.8 Å². The standard InChI is InChI=1S/C27H26BrN5O8S2/c1-29-22(34)19(23(35)30(2)26(29)42)18(20-24(36)31(3)27(43)32(4)25(20)37)14-10-16(28)21(17(11-14)40-5)41-12-13-6-8-15(9-7-13)33(38)39/h6-11,18,34,36H,12H2,1-5H3. The van der Waals surface area contributed by atoms with Crippen LogP contribution in [0.5, 0.6) is 23.3 Å². The Bertz CT molecular complexity index is 1930. The topological polar surface area (TPSA) is 156 Å². The molecule has 0 aliphatic rings. The lowest BCUT2D eigenvalue weighted by Gasteiger charge is -2.24. The minimum absolute atomic E-state index is 0.0299. The summed E-state index contributed by atoms with van der Waals surface area (Å²) in [4.78, 5) is 37.7. The third-order valence-corrected chi connectivity index (χ3v) is 8.71. The highest BCUT2D eigenvalue weighted by Gasteiger charge is 2.33. The van der Waals surface area contributed by atoms with Gasteiger partial charge in [0.1, 0.15) is 6.61 Å². The molecule has 0 amide bonds. The Labute approximate surface area is 262 Å². The summed E-state index contributed by atoms with van der Waals surface area (Å²) in [5.41, 5.74) is -0.960. The highest BCUT2D eigenvalue weighted by atomic mass is 79.9. The average molecular weight is 693 g/mol. The maximum absolute atomic E-state index is 13.6. The van der Waals surface area contributed by atoms with E-state index in [2.05, 4.69) is 15.9 Å². The van der Waals surface area contributed by atoms with Gasteiger partial charge >= 0.3 is 0 Å². The van der Waals surface area contributed by atoms with Crippen LogP contribution in [0.15, 0.2) is 50.5 Å². The second kappa shape index (κ2) is 12.1. The number of nitrogens with zero attached hydrogens (tertiary/aromatic N) is 5. The molecule has 226 valence electrons. The van der Waals surface area contributed by atoms with Gasteiger partial charge in [-0.25, -0.2) is 0 Å². The van der Waals surface area contributed by atoms with Crippen LogP contribution in [-0.4, -0.2) is 40.5 Å². The maximum atomic E-state index is 13.6. The van der Waals surface area contributed by atoms with Crippen LogP contribution in [0.25, 0.3) is 0 Å². The number of rotatable bonds is 8. The van der Waals surface area contributed by atoms with Gasteiger partial charge in [-0.15, -0.1) is 0 Å². The number of halogens is 1. The normalized spacial score (nSPS) is 11.1. The summed E-state index contributed by atoms with van der Waals surface area (Å²) in [7, 11) is 7.19. The van der Waals surface area contributed by atoms with Crippen molar-refractivity contribution < 1.29 is 24.6 Å². The smallest absolute Gasteiger partial charge is 0.269 e. The molecule has 16 heteroatoms. The lowest BCUT2D eigenvalue weighted by molar-refractivity contribution is -0.384. The van der Waals surface area contributed by atoms with Gasteiger partial charge in [-0.05, 0) is 75.8 Å². The molecule has 2 aromatic heterocycles. The summed E-state index contributed by atoms with van der Waals surface area (Å²) in [6.45, 7) is 0.0324. The molecule has 4 rings (SSSR count). The van der Waals surface area contributed by atoms with Gasteiger partial charge in [-0.3, -0.25) is 38.0 Å². The van der Waals surface area contributed by atoms with Crippen LogP contribution in [0.4, 0.5) is 5.69 Å². The Balaban J connectivity index is 1.97. The fourth-order valence-corrected chi connectivity index (χ4v) is 5.53. The molecule has 43 heavy (non-hydrogen) atoms. The Kier molecular flexibility index (Phi) is 8.94. The van der Waals surface area contributed by atoms with E-state index < -0.39 is 33.7 Å². The number of benzene rings is 2. The zero-order valence-electron chi connectivity index (χ0n) is 23.5. The molecule has 0 aliphatic carbocycles. The van der Waals surface area contributed by atoms with Gasteiger partial charge < -0.3 is 19.7 Å². The Morgan fingerprint density at radius 2 is 1.40 bits per heavy atom. The van der Waals surface area contributed by atoms with Gasteiger partial charge in [0.15, 0.2) is 21.0 Å². The minimum Gasteiger partial charge on any atom is -0.494 e. The van der Waals surface area contributed by atoms with E-state index >= 15 is 0 Å². The Morgan fingerprint density at radius 1 is 0.907 bits per heavy atom. The van der Waals surface area contributed by atoms with Crippen molar-refractivity contribution in [1.82, 2.24) is 18.3 Å². The van der Waals surface area contributed by atoms with Crippen molar-refractivity contribution in [1.29, 1.82) is 0 Å². The van der Waals surface area contributed by atoms with Crippen LogP contribution in [0.1, 0.15) is 28.2 Å². The van der Waals surface area contributed by atoms with Crippen LogP contribution >= 0.6 is 40.4 Å². The van der Waals surface area contributed by atoms with E-state index in [0.717, 1.165) is 9.13 Å². The Morgan fingerprint density at radius 3 is 1.84 bits per heavy atom. The minimum atomic E-state index is -1.32. The van der Waals surface area contributed by atoms with E-state index in [1.807, 2.05) is 0 Å². The molecular weight excluding hydrogens is 666 g/mol. The van der Waals surface area contributed by atoms with E-state index in [1.165, 1.54) is 62.6 Å². The van der Waals surface area contributed by atoms with Gasteiger partial charge in [0, 0.05) is 40.3 Å². The van der Waals surface area contributed by atoms with Crippen LogP contribution in [0.3, 0.4) is 0 Å². The molecule has 0 unspecified atom stereocenters. The lowest BCUT2D eigenvalue weighted by atomic mass is 9.86. The van der Waals surface area contributed by atoms with Crippen LogP contribution in [-0.2, 0) is 34.8 Å². The second-order valence-electron chi connectivity index (χ2n) is 9.57. The monoisotopic (exact) mass is 691 g/mol. The first-order chi connectivity index (χ1) is 20.2. The molecule has 0 aliphatic heterocycles. The zero-order valence-corrected chi connectivity index (χ0v) is 26.7. The molecule has 0 spiro atoms. The largest absolute Gasteiger partial charge is 0.494 e. The van der Waals surface area contributed by atoms with Gasteiger partial charge in [-0.2, -0.15) is 0 Å². The first-order valence-corrected chi connectivity index (χ1v) is 14.0. The van der Waals surface area contributed by atoms with Gasteiger partial charge in [-0.1, -0.05) is 0 Å². The lowest BCUT2D eigenvalue weighted by Crippen LogP contribution is -2.33.